The minimum Gasteiger partial charge on any atom is -0.310 e. The molecule has 0 spiro atoms. The fourth-order valence-corrected chi connectivity index (χ4v) is 12.9. The Morgan fingerprint density at radius 1 is 0.296 bits per heavy atom. The molecule has 10 aromatic carbocycles. The lowest BCUT2D eigenvalue weighted by Gasteiger charge is -2.34. The topological polar surface area (TPSA) is 16.3 Å². The molecule has 0 saturated heterocycles. The van der Waals surface area contributed by atoms with E-state index in [1.807, 2.05) is 11.3 Å². The summed E-state index contributed by atoms with van der Waals surface area (Å²) in [5, 5.41) is 5.08. The van der Waals surface area contributed by atoms with Gasteiger partial charge in [0.25, 0.3) is 0 Å². The van der Waals surface area contributed by atoms with E-state index in [0.29, 0.717) is 0 Å². The van der Waals surface area contributed by atoms with Crippen LogP contribution in [-0.2, 0) is 12.8 Å². The van der Waals surface area contributed by atoms with Crippen LogP contribution in [-0.4, -0.2) is 9.13 Å². The molecule has 71 heavy (non-hydrogen) atoms. The van der Waals surface area contributed by atoms with Gasteiger partial charge in [0.2, 0.25) is 0 Å². The first-order valence-corrected chi connectivity index (χ1v) is 25.3. The van der Waals surface area contributed by atoms with Gasteiger partial charge in [-0.25, -0.2) is 0 Å². The summed E-state index contributed by atoms with van der Waals surface area (Å²) >= 11 is 1.86. The SMILES string of the molecule is c1ccc(N2c3ccccc3Cc3c2ccc2c4ccccc4n(-c4cccc(-c5ccc(-c6cccc(-n7c8ccccc8c8ccc9c(c87)Cc7ccccc7N9c7ccccc7)c6)s5)c4)c32)cc1. The Kier molecular flexibility index (Phi) is 8.92. The zero-order valence-electron chi connectivity index (χ0n) is 38.7. The molecule has 0 fully saturated rings. The Balaban J connectivity index is 0.846. The Hall–Kier alpha value is -8.90. The van der Waals surface area contributed by atoms with Crippen molar-refractivity contribution < 1.29 is 0 Å². The molecule has 13 aromatic rings. The highest BCUT2D eigenvalue weighted by Gasteiger charge is 2.30. The van der Waals surface area contributed by atoms with Crippen molar-refractivity contribution in [3.63, 3.8) is 0 Å². The number of para-hydroxylation sites is 6. The number of benzene rings is 10. The first kappa shape index (κ1) is 40.0. The van der Waals surface area contributed by atoms with E-state index in [9.17, 15) is 0 Å². The molecule has 0 unspecified atom stereocenters. The predicted octanol–water partition coefficient (Wildman–Crippen LogP) is 18.0. The Morgan fingerprint density at radius 2 is 0.704 bits per heavy atom. The third-order valence-electron chi connectivity index (χ3n) is 14.9. The van der Waals surface area contributed by atoms with Crippen LogP contribution in [0.3, 0.4) is 0 Å². The van der Waals surface area contributed by atoms with Gasteiger partial charge in [0.05, 0.1) is 33.4 Å². The van der Waals surface area contributed by atoms with Gasteiger partial charge in [-0.1, -0.05) is 146 Å². The van der Waals surface area contributed by atoms with Crippen molar-refractivity contribution in [1.29, 1.82) is 0 Å². The molecule has 15 rings (SSSR count). The maximum Gasteiger partial charge on any atom is 0.0597 e. The minimum absolute atomic E-state index is 0.854. The number of hydrogen-bond donors (Lipinski definition) is 0. The normalized spacial score (nSPS) is 12.9. The molecule has 0 atom stereocenters. The van der Waals surface area contributed by atoms with E-state index in [0.717, 1.165) is 24.2 Å². The molecule has 0 bridgehead atoms. The van der Waals surface area contributed by atoms with E-state index in [2.05, 4.69) is 262 Å². The average molecular weight is 925 g/mol. The van der Waals surface area contributed by atoms with E-state index in [-0.39, 0.29) is 0 Å². The smallest absolute Gasteiger partial charge is 0.0597 e. The van der Waals surface area contributed by atoms with Gasteiger partial charge < -0.3 is 18.9 Å². The quantitative estimate of drug-likeness (QED) is 0.165. The van der Waals surface area contributed by atoms with Crippen molar-refractivity contribution in [2.75, 3.05) is 9.80 Å². The van der Waals surface area contributed by atoms with Gasteiger partial charge in [0.1, 0.15) is 0 Å². The summed E-state index contributed by atoms with van der Waals surface area (Å²) in [5.41, 5.74) is 22.3. The van der Waals surface area contributed by atoms with Gasteiger partial charge in [-0.2, -0.15) is 0 Å². The summed E-state index contributed by atoms with van der Waals surface area (Å²) in [6.07, 6.45) is 1.71. The average Bonchev–Trinajstić information content (AvgIpc) is 4.17. The Bertz CT molecular complexity index is 3980. The van der Waals surface area contributed by atoms with E-state index >= 15 is 0 Å². The zero-order chi connectivity index (χ0) is 46.6. The molecule has 0 radical (unpaired) electrons. The molecule has 0 amide bonds. The Morgan fingerprint density at radius 3 is 1.18 bits per heavy atom. The maximum atomic E-state index is 2.52. The number of aromatic nitrogens is 2. The second-order valence-corrected chi connectivity index (χ2v) is 19.9. The van der Waals surface area contributed by atoms with Gasteiger partial charge in [0, 0.05) is 89.4 Å². The molecule has 3 aromatic heterocycles. The molecule has 334 valence electrons. The number of rotatable bonds is 6. The van der Waals surface area contributed by atoms with Crippen LogP contribution >= 0.6 is 11.3 Å². The van der Waals surface area contributed by atoms with Crippen molar-refractivity contribution >= 4 is 89.1 Å². The molecule has 5 heterocycles. The third kappa shape index (κ3) is 6.16. The van der Waals surface area contributed by atoms with Gasteiger partial charge in [-0.05, 0) is 119 Å². The fraction of sp³-hybridized carbons (Fsp3) is 0.0303. The maximum absolute atomic E-state index is 2.52. The molecule has 0 aliphatic carbocycles. The highest BCUT2D eigenvalue weighted by atomic mass is 32.1. The van der Waals surface area contributed by atoms with Crippen LogP contribution in [0.1, 0.15) is 22.3 Å². The predicted molar refractivity (Wildman–Crippen MR) is 299 cm³/mol. The molecular formula is C66H44N4S. The first-order valence-electron chi connectivity index (χ1n) is 24.5. The highest BCUT2D eigenvalue weighted by molar-refractivity contribution is 7.18. The molecule has 2 aliphatic heterocycles. The standard InChI is InChI=1S/C66H44N4S/c1-3-21-47(22-4-1)67-57-29-11-7-17-43(57)41-55-61(67)35-33-53-51-27-9-13-31-59(51)69(65(53)55)49-25-15-19-45(39-49)63-37-38-64(71-63)46-20-16-26-50(40-46)70-60-32-14-10-28-52(60)54-34-36-62-56(66(54)70)42-44-18-8-12-30-58(44)68(62)48-23-5-2-6-24-48/h1-40H,41-42H2. The largest absolute Gasteiger partial charge is 0.310 e. The van der Waals surface area contributed by atoms with Crippen molar-refractivity contribution in [2.24, 2.45) is 0 Å². The lowest BCUT2D eigenvalue weighted by Crippen LogP contribution is -2.19. The summed E-state index contributed by atoms with van der Waals surface area (Å²) in [5.74, 6) is 0. The van der Waals surface area contributed by atoms with Crippen molar-refractivity contribution in [3.8, 4) is 32.3 Å². The van der Waals surface area contributed by atoms with Gasteiger partial charge in [-0.15, -0.1) is 11.3 Å². The summed E-state index contributed by atoms with van der Waals surface area (Å²) in [6.45, 7) is 0. The molecule has 2 aliphatic rings. The Labute approximate surface area is 415 Å². The van der Waals surface area contributed by atoms with E-state index < -0.39 is 0 Å². The number of hydrogen-bond acceptors (Lipinski definition) is 3. The summed E-state index contributed by atoms with van der Waals surface area (Å²) < 4.78 is 5.04. The zero-order valence-corrected chi connectivity index (χ0v) is 39.5. The lowest BCUT2D eigenvalue weighted by molar-refractivity contribution is 1.07. The van der Waals surface area contributed by atoms with E-state index in [1.165, 1.54) is 121 Å². The molecule has 5 heteroatoms. The van der Waals surface area contributed by atoms with Gasteiger partial charge in [-0.3, -0.25) is 0 Å². The van der Waals surface area contributed by atoms with Crippen LogP contribution in [0.2, 0.25) is 0 Å². The lowest BCUT2D eigenvalue weighted by atomic mass is 9.93. The number of fused-ring (bicyclic) bond motifs is 12. The second kappa shape index (κ2) is 15.8. The van der Waals surface area contributed by atoms with Crippen molar-refractivity contribution in [3.05, 3.63) is 265 Å². The third-order valence-corrected chi connectivity index (χ3v) is 16.1. The number of thiophene rings is 1. The highest BCUT2D eigenvalue weighted by Crippen LogP contribution is 2.50. The van der Waals surface area contributed by atoms with Crippen LogP contribution in [0.15, 0.2) is 243 Å². The van der Waals surface area contributed by atoms with Crippen molar-refractivity contribution in [1.82, 2.24) is 9.13 Å². The molecule has 0 saturated carbocycles. The van der Waals surface area contributed by atoms with Gasteiger partial charge in [0.15, 0.2) is 0 Å². The van der Waals surface area contributed by atoms with Crippen LogP contribution in [0.25, 0.3) is 75.9 Å². The number of nitrogens with zero attached hydrogens (tertiary/aromatic N) is 4. The number of anilines is 6. The summed E-state index contributed by atoms with van der Waals surface area (Å²) in [4.78, 5) is 7.37. The van der Waals surface area contributed by atoms with Crippen LogP contribution in [0.5, 0.6) is 0 Å². The second-order valence-electron chi connectivity index (χ2n) is 18.8. The minimum atomic E-state index is 0.854. The molecule has 0 N–H and O–H groups in total. The van der Waals surface area contributed by atoms with Crippen LogP contribution in [0, 0.1) is 0 Å². The van der Waals surface area contributed by atoms with E-state index in [4.69, 9.17) is 0 Å². The monoisotopic (exact) mass is 924 g/mol. The first-order chi connectivity index (χ1) is 35.2. The molecule has 4 nitrogen and oxygen atoms in total. The summed E-state index contributed by atoms with van der Waals surface area (Å²) in [6, 6.07) is 89.5. The van der Waals surface area contributed by atoms with Crippen molar-refractivity contribution in [2.45, 2.75) is 12.8 Å². The van der Waals surface area contributed by atoms with Crippen LogP contribution in [0.4, 0.5) is 34.1 Å². The van der Waals surface area contributed by atoms with Gasteiger partial charge >= 0.3 is 0 Å². The van der Waals surface area contributed by atoms with E-state index in [1.54, 1.807) is 0 Å². The van der Waals surface area contributed by atoms with Crippen LogP contribution < -0.4 is 9.80 Å². The fourth-order valence-electron chi connectivity index (χ4n) is 11.9. The summed E-state index contributed by atoms with van der Waals surface area (Å²) in [7, 11) is 0. The molecular weight excluding hydrogens is 881 g/mol.